The van der Waals surface area contributed by atoms with E-state index < -0.39 is 22.5 Å². The lowest BCUT2D eigenvalue weighted by molar-refractivity contribution is -0.118. The molecule has 0 aliphatic carbocycles. The molecular weight excluding hydrogens is 359 g/mol. The van der Waals surface area contributed by atoms with Crippen LogP contribution in [0.5, 0.6) is 0 Å². The molecule has 2 aromatic rings. The smallest absolute Gasteiger partial charge is 0.243 e. The number of amides is 1. The van der Waals surface area contributed by atoms with Gasteiger partial charge >= 0.3 is 0 Å². The summed E-state index contributed by atoms with van der Waals surface area (Å²) in [5, 5.41) is 0.670. The first-order valence-electron chi connectivity index (χ1n) is 6.58. The van der Waals surface area contributed by atoms with Gasteiger partial charge in [-0.15, -0.1) is 0 Å². The number of benzene rings is 2. The van der Waals surface area contributed by atoms with Gasteiger partial charge < -0.3 is 5.73 Å². The minimum atomic E-state index is -3.86. The minimum Gasteiger partial charge on any atom is -0.369 e. The normalized spacial score (nSPS) is 11.6. The number of hydrogen-bond acceptors (Lipinski definition) is 3. The third-order valence-corrected chi connectivity index (χ3v) is 5.60. The summed E-state index contributed by atoms with van der Waals surface area (Å²) in [5.74, 6) is -0.746. The molecule has 0 bridgehead atoms. The number of rotatable bonds is 6. The summed E-state index contributed by atoms with van der Waals surface area (Å²) < 4.78 is 26.4. The summed E-state index contributed by atoms with van der Waals surface area (Å²) in [6.45, 7) is -0.478. The summed E-state index contributed by atoms with van der Waals surface area (Å²) in [7, 11) is -3.86. The fourth-order valence-electron chi connectivity index (χ4n) is 1.98. The van der Waals surface area contributed by atoms with Crippen molar-refractivity contribution in [1.82, 2.24) is 4.31 Å². The van der Waals surface area contributed by atoms with Crippen LogP contribution in [-0.4, -0.2) is 25.2 Å². The fourth-order valence-corrected chi connectivity index (χ4v) is 3.72. The van der Waals surface area contributed by atoms with Crippen LogP contribution >= 0.6 is 23.2 Å². The number of sulfonamides is 1. The lowest BCUT2D eigenvalue weighted by Crippen LogP contribution is -2.37. The van der Waals surface area contributed by atoms with Gasteiger partial charge in [-0.1, -0.05) is 47.5 Å². The quantitative estimate of drug-likeness (QED) is 0.845. The number of hydrogen-bond donors (Lipinski definition) is 1. The molecule has 2 aromatic carbocycles. The van der Waals surface area contributed by atoms with E-state index in [1.165, 1.54) is 12.1 Å². The van der Waals surface area contributed by atoms with Gasteiger partial charge in [-0.2, -0.15) is 4.31 Å². The Bertz CT molecular complexity index is 811. The standard InChI is InChI=1S/C15H14Cl2N2O3S/c16-13-7-6-11(8-14(13)17)9-19(10-15(18)20)23(21,22)12-4-2-1-3-5-12/h1-8H,9-10H2,(H2,18,20). The zero-order valence-electron chi connectivity index (χ0n) is 11.9. The average molecular weight is 373 g/mol. The first-order valence-corrected chi connectivity index (χ1v) is 8.78. The Balaban J connectivity index is 2.37. The maximum absolute atomic E-state index is 12.7. The van der Waals surface area contributed by atoms with E-state index in [1.807, 2.05) is 0 Å². The first kappa shape index (κ1) is 17.7. The van der Waals surface area contributed by atoms with Crippen molar-refractivity contribution in [1.29, 1.82) is 0 Å². The predicted octanol–water partition coefficient (Wildman–Crippen LogP) is 2.67. The van der Waals surface area contributed by atoms with Crippen LogP contribution in [0.15, 0.2) is 53.4 Å². The predicted molar refractivity (Wildman–Crippen MR) is 89.7 cm³/mol. The number of carbonyl (C=O) groups is 1. The SMILES string of the molecule is NC(=O)CN(Cc1ccc(Cl)c(Cl)c1)S(=O)(=O)c1ccccc1. The molecule has 8 heteroatoms. The van der Waals surface area contributed by atoms with Gasteiger partial charge in [0, 0.05) is 6.54 Å². The maximum Gasteiger partial charge on any atom is 0.243 e. The van der Waals surface area contributed by atoms with Crippen molar-refractivity contribution in [2.24, 2.45) is 5.73 Å². The highest BCUT2D eigenvalue weighted by molar-refractivity contribution is 7.89. The molecular formula is C15H14Cl2N2O3S. The third-order valence-electron chi connectivity index (χ3n) is 3.06. The van der Waals surface area contributed by atoms with Crippen LogP contribution in [-0.2, 0) is 21.4 Å². The van der Waals surface area contributed by atoms with Gasteiger partial charge in [0.2, 0.25) is 15.9 Å². The lowest BCUT2D eigenvalue weighted by Gasteiger charge is -2.21. The van der Waals surface area contributed by atoms with Crippen LogP contribution in [0, 0.1) is 0 Å². The van der Waals surface area contributed by atoms with Gasteiger partial charge in [-0.3, -0.25) is 4.79 Å². The van der Waals surface area contributed by atoms with Crippen molar-refractivity contribution in [3.05, 3.63) is 64.1 Å². The molecule has 2 rings (SSSR count). The van der Waals surface area contributed by atoms with E-state index in [1.54, 1.807) is 36.4 Å². The molecule has 0 aliphatic heterocycles. The number of nitrogens with zero attached hydrogens (tertiary/aromatic N) is 1. The van der Waals surface area contributed by atoms with Crippen molar-refractivity contribution in [2.75, 3.05) is 6.54 Å². The van der Waals surface area contributed by atoms with Crippen LogP contribution in [0.1, 0.15) is 5.56 Å². The molecule has 122 valence electrons. The molecule has 0 spiro atoms. The second-order valence-corrected chi connectivity index (χ2v) is 7.55. The zero-order chi connectivity index (χ0) is 17.0. The third kappa shape index (κ3) is 4.45. The van der Waals surface area contributed by atoms with Gasteiger partial charge in [-0.25, -0.2) is 8.42 Å². The molecule has 0 saturated carbocycles. The molecule has 0 fully saturated rings. The van der Waals surface area contributed by atoms with Crippen molar-refractivity contribution in [2.45, 2.75) is 11.4 Å². The molecule has 1 amide bonds. The van der Waals surface area contributed by atoms with Crippen molar-refractivity contribution in [3.8, 4) is 0 Å². The fraction of sp³-hybridized carbons (Fsp3) is 0.133. The molecule has 0 atom stereocenters. The van der Waals surface area contributed by atoms with E-state index in [4.69, 9.17) is 28.9 Å². The van der Waals surface area contributed by atoms with Crippen molar-refractivity contribution >= 4 is 39.1 Å². The minimum absolute atomic E-state index is 0.0446. The summed E-state index contributed by atoms with van der Waals surface area (Å²) >= 11 is 11.8. The summed E-state index contributed by atoms with van der Waals surface area (Å²) in [6.07, 6.45) is 0. The Kier molecular flexibility index (Phi) is 5.64. The molecule has 0 unspecified atom stereocenters. The van der Waals surface area contributed by atoms with Crippen molar-refractivity contribution < 1.29 is 13.2 Å². The Morgan fingerprint density at radius 2 is 1.70 bits per heavy atom. The highest BCUT2D eigenvalue weighted by atomic mass is 35.5. The first-order chi connectivity index (χ1) is 10.8. The Labute approximate surface area is 144 Å². The van der Waals surface area contributed by atoms with Crippen molar-refractivity contribution in [3.63, 3.8) is 0 Å². The van der Waals surface area contributed by atoms with E-state index in [0.717, 1.165) is 4.31 Å². The molecule has 0 saturated heterocycles. The zero-order valence-corrected chi connectivity index (χ0v) is 14.3. The Morgan fingerprint density at radius 1 is 1.04 bits per heavy atom. The van der Waals surface area contributed by atoms with Crippen LogP contribution in [0.3, 0.4) is 0 Å². The largest absolute Gasteiger partial charge is 0.369 e. The monoisotopic (exact) mass is 372 g/mol. The van der Waals surface area contributed by atoms with Gasteiger partial charge in [0.1, 0.15) is 0 Å². The van der Waals surface area contributed by atoms with Gasteiger partial charge in [0.05, 0.1) is 21.5 Å². The van der Waals surface area contributed by atoms with E-state index in [-0.39, 0.29) is 11.4 Å². The second-order valence-electron chi connectivity index (χ2n) is 4.80. The molecule has 0 aromatic heterocycles. The van der Waals surface area contributed by atoms with Crippen LogP contribution in [0.25, 0.3) is 0 Å². The maximum atomic E-state index is 12.7. The highest BCUT2D eigenvalue weighted by Crippen LogP contribution is 2.24. The molecule has 0 radical (unpaired) electrons. The van der Waals surface area contributed by atoms with Crippen LogP contribution in [0.4, 0.5) is 0 Å². The summed E-state index contributed by atoms with van der Waals surface area (Å²) in [4.78, 5) is 11.4. The van der Waals surface area contributed by atoms with E-state index >= 15 is 0 Å². The molecule has 0 aliphatic rings. The summed E-state index contributed by atoms with van der Waals surface area (Å²) in [6, 6.07) is 12.6. The highest BCUT2D eigenvalue weighted by Gasteiger charge is 2.26. The molecule has 23 heavy (non-hydrogen) atoms. The van der Waals surface area contributed by atoms with Gasteiger partial charge in [0.25, 0.3) is 0 Å². The van der Waals surface area contributed by atoms with Gasteiger partial charge in [-0.05, 0) is 29.8 Å². The van der Waals surface area contributed by atoms with E-state index in [9.17, 15) is 13.2 Å². The second kappa shape index (κ2) is 7.31. The number of carbonyl (C=O) groups excluding carboxylic acids is 1. The number of nitrogens with two attached hydrogens (primary N) is 1. The molecule has 0 heterocycles. The van der Waals surface area contributed by atoms with Gasteiger partial charge in [0.15, 0.2) is 0 Å². The summed E-state index contributed by atoms with van der Waals surface area (Å²) in [5.41, 5.74) is 5.78. The number of primary amides is 1. The van der Waals surface area contributed by atoms with E-state index in [2.05, 4.69) is 0 Å². The van der Waals surface area contributed by atoms with Crippen LogP contribution in [0.2, 0.25) is 10.0 Å². The number of halogens is 2. The van der Waals surface area contributed by atoms with Crippen LogP contribution < -0.4 is 5.73 Å². The van der Waals surface area contributed by atoms with E-state index in [0.29, 0.717) is 15.6 Å². The molecule has 5 nitrogen and oxygen atoms in total. The average Bonchev–Trinajstić information content (AvgIpc) is 2.50. The Morgan fingerprint density at radius 3 is 2.26 bits per heavy atom. The molecule has 2 N–H and O–H groups in total. The lowest BCUT2D eigenvalue weighted by atomic mass is 10.2. The topological polar surface area (TPSA) is 80.5 Å². The Hall–Kier alpha value is -1.60.